The van der Waals surface area contributed by atoms with Gasteiger partial charge in [0.2, 0.25) is 0 Å². The molecule has 0 radical (unpaired) electrons. The fourth-order valence-corrected chi connectivity index (χ4v) is 6.55. The third-order valence-electron chi connectivity index (χ3n) is 3.96. The summed E-state index contributed by atoms with van der Waals surface area (Å²) >= 11 is 6.16. The van der Waals surface area contributed by atoms with E-state index in [2.05, 4.69) is 63.5 Å². The Labute approximate surface area is 135 Å². The lowest BCUT2D eigenvalue weighted by Crippen LogP contribution is -2.44. The summed E-state index contributed by atoms with van der Waals surface area (Å²) < 4.78 is 0. The molecule has 4 atom stereocenters. The average molecular weight is 331 g/mol. The fourth-order valence-electron chi connectivity index (χ4n) is 2.43. The Morgan fingerprint density at radius 2 is 2.05 bits per heavy atom. The molecule has 0 saturated carbocycles. The Morgan fingerprint density at radius 1 is 1.30 bits per heavy atom. The highest BCUT2D eigenvalue weighted by atomic mass is 32.2. The van der Waals surface area contributed by atoms with Gasteiger partial charge in [-0.05, 0) is 20.4 Å². The van der Waals surface area contributed by atoms with E-state index < -0.39 is 0 Å². The minimum atomic E-state index is 0.553. The van der Waals surface area contributed by atoms with Gasteiger partial charge < -0.3 is 5.32 Å². The molecule has 0 aliphatic carbocycles. The van der Waals surface area contributed by atoms with Crippen LogP contribution < -0.4 is 5.32 Å². The van der Waals surface area contributed by atoms with E-state index >= 15 is 0 Å². The van der Waals surface area contributed by atoms with Gasteiger partial charge in [-0.3, -0.25) is 0 Å². The highest BCUT2D eigenvalue weighted by Crippen LogP contribution is 2.37. The lowest BCUT2D eigenvalue weighted by molar-refractivity contribution is 0.519. The first-order valence-electron chi connectivity index (χ1n) is 7.44. The second kappa shape index (κ2) is 7.52. The highest BCUT2D eigenvalue weighted by Gasteiger charge is 2.31. The van der Waals surface area contributed by atoms with Gasteiger partial charge in [0.15, 0.2) is 0 Å². The van der Waals surface area contributed by atoms with E-state index in [0.29, 0.717) is 11.3 Å². The van der Waals surface area contributed by atoms with Gasteiger partial charge in [-0.2, -0.15) is 23.5 Å². The first-order chi connectivity index (χ1) is 9.51. The van der Waals surface area contributed by atoms with Crippen LogP contribution in [0.2, 0.25) is 0 Å². The van der Waals surface area contributed by atoms with E-state index in [1.54, 1.807) is 0 Å². The molecule has 20 heavy (non-hydrogen) atoms. The van der Waals surface area contributed by atoms with E-state index in [1.165, 1.54) is 21.3 Å². The summed E-state index contributed by atoms with van der Waals surface area (Å²) in [5, 5.41) is 7.23. The number of hydrogen-bond donors (Lipinski definition) is 1. The van der Waals surface area contributed by atoms with Crippen LogP contribution in [0.5, 0.6) is 0 Å². The fraction of sp³-hybridized carbons (Fsp3) is 0.800. The molecule has 1 N–H and O–H groups in total. The van der Waals surface area contributed by atoms with Crippen LogP contribution in [0.1, 0.15) is 36.3 Å². The average Bonchev–Trinajstić information content (AvgIpc) is 2.71. The van der Waals surface area contributed by atoms with Crippen molar-refractivity contribution in [1.29, 1.82) is 0 Å². The van der Waals surface area contributed by atoms with Crippen LogP contribution >= 0.6 is 34.9 Å². The summed E-state index contributed by atoms with van der Waals surface area (Å²) in [6.45, 7) is 12.3. The van der Waals surface area contributed by atoms with Gasteiger partial charge in [0.05, 0.1) is 10.7 Å². The maximum Gasteiger partial charge on any atom is 0.0946 e. The van der Waals surface area contributed by atoms with Crippen molar-refractivity contribution >= 4 is 34.9 Å². The molecule has 0 spiro atoms. The third-order valence-corrected chi connectivity index (χ3v) is 8.60. The largest absolute Gasteiger partial charge is 0.313 e. The number of aromatic nitrogens is 1. The summed E-state index contributed by atoms with van der Waals surface area (Å²) in [6, 6.07) is 0.553. The maximum absolute atomic E-state index is 4.72. The van der Waals surface area contributed by atoms with E-state index in [9.17, 15) is 0 Å². The van der Waals surface area contributed by atoms with E-state index in [0.717, 1.165) is 23.5 Å². The number of thiazole rings is 1. The van der Waals surface area contributed by atoms with Crippen LogP contribution in [0.15, 0.2) is 0 Å². The Kier molecular flexibility index (Phi) is 6.26. The van der Waals surface area contributed by atoms with Crippen LogP contribution in [-0.2, 0) is 6.42 Å². The molecule has 0 aromatic carbocycles. The van der Waals surface area contributed by atoms with Crippen LogP contribution in [0, 0.1) is 13.8 Å². The molecule has 2 nitrogen and oxygen atoms in total. The molecular formula is C15H26N2S3. The number of nitrogens with zero attached hydrogens (tertiary/aromatic N) is 1. The van der Waals surface area contributed by atoms with Crippen molar-refractivity contribution in [2.24, 2.45) is 0 Å². The second-order valence-corrected chi connectivity index (χ2v) is 9.85. The molecular weight excluding hydrogens is 304 g/mol. The van der Waals surface area contributed by atoms with Gasteiger partial charge in [-0.25, -0.2) is 4.98 Å². The van der Waals surface area contributed by atoms with Gasteiger partial charge in [0.25, 0.3) is 0 Å². The van der Waals surface area contributed by atoms with E-state index in [-0.39, 0.29) is 0 Å². The van der Waals surface area contributed by atoms with E-state index in [4.69, 9.17) is 4.98 Å². The lowest BCUT2D eigenvalue weighted by atomic mass is 10.1. The first-order valence-corrected chi connectivity index (χ1v) is 10.3. The van der Waals surface area contributed by atoms with Crippen molar-refractivity contribution in [3.05, 3.63) is 15.6 Å². The number of rotatable bonds is 5. The Bertz CT molecular complexity index is 413. The molecule has 2 rings (SSSR count). The van der Waals surface area contributed by atoms with Crippen LogP contribution in [0.25, 0.3) is 0 Å². The molecule has 4 unspecified atom stereocenters. The summed E-state index contributed by atoms with van der Waals surface area (Å²) in [5.41, 5.74) is 1.20. The smallest absolute Gasteiger partial charge is 0.0946 e. The van der Waals surface area contributed by atoms with Gasteiger partial charge in [-0.1, -0.05) is 20.8 Å². The zero-order chi connectivity index (χ0) is 14.7. The number of thioether (sulfide) groups is 2. The molecule has 1 aliphatic rings. The van der Waals surface area contributed by atoms with Crippen LogP contribution in [-0.4, -0.2) is 39.1 Å². The number of nitrogens with one attached hydrogen (secondary N) is 1. The van der Waals surface area contributed by atoms with Crippen molar-refractivity contribution < 1.29 is 0 Å². The highest BCUT2D eigenvalue weighted by molar-refractivity contribution is 8.07. The minimum absolute atomic E-state index is 0.553. The van der Waals surface area contributed by atoms with Crippen LogP contribution in [0.3, 0.4) is 0 Å². The van der Waals surface area contributed by atoms with Crippen molar-refractivity contribution in [2.45, 2.75) is 62.8 Å². The molecule has 5 heteroatoms. The Morgan fingerprint density at radius 3 is 2.60 bits per heavy atom. The third kappa shape index (κ3) is 4.15. The molecule has 114 valence electrons. The van der Waals surface area contributed by atoms with Gasteiger partial charge in [0.1, 0.15) is 0 Å². The van der Waals surface area contributed by atoms with Crippen molar-refractivity contribution in [2.75, 3.05) is 12.3 Å². The summed E-state index contributed by atoms with van der Waals surface area (Å²) in [4.78, 5) is 6.09. The SMILES string of the molecule is CCNC(Cc1nc(C)c(C)s1)C1CSC(C)C(C)S1. The standard InChI is InChI=1S/C15H26N2S3/c1-6-16-13(7-15-17-9(2)10(3)20-15)14-8-18-11(4)12(5)19-14/h11-14,16H,6-8H2,1-5H3. The zero-order valence-corrected chi connectivity index (χ0v) is 15.6. The van der Waals surface area contributed by atoms with E-state index in [1.807, 2.05) is 11.3 Å². The maximum atomic E-state index is 4.72. The monoisotopic (exact) mass is 330 g/mol. The van der Waals surface area contributed by atoms with Gasteiger partial charge >= 0.3 is 0 Å². The van der Waals surface area contributed by atoms with Crippen LogP contribution in [0.4, 0.5) is 0 Å². The molecule has 1 aromatic heterocycles. The number of aryl methyl sites for hydroxylation is 2. The number of likely N-dealkylation sites (N-methyl/N-ethyl adjacent to an activating group) is 1. The van der Waals surface area contributed by atoms with Crippen molar-refractivity contribution in [1.82, 2.24) is 10.3 Å². The number of hydrogen-bond acceptors (Lipinski definition) is 5. The molecule has 2 heterocycles. The summed E-state index contributed by atoms with van der Waals surface area (Å²) in [5.74, 6) is 1.26. The quantitative estimate of drug-likeness (QED) is 0.885. The molecule has 1 aromatic rings. The van der Waals surface area contributed by atoms with Gasteiger partial charge in [-0.15, -0.1) is 11.3 Å². The van der Waals surface area contributed by atoms with Crippen molar-refractivity contribution in [3.63, 3.8) is 0 Å². The first kappa shape index (κ1) is 16.7. The Balaban J connectivity index is 2.03. The lowest BCUT2D eigenvalue weighted by Gasteiger charge is -2.36. The second-order valence-electron chi connectivity index (χ2n) is 5.54. The zero-order valence-electron chi connectivity index (χ0n) is 13.1. The topological polar surface area (TPSA) is 24.9 Å². The summed E-state index contributed by atoms with van der Waals surface area (Å²) in [7, 11) is 0. The predicted octanol–water partition coefficient (Wildman–Crippen LogP) is 3.91. The molecule has 1 aliphatic heterocycles. The molecule has 1 fully saturated rings. The Hall–Kier alpha value is 0.290. The van der Waals surface area contributed by atoms with Crippen molar-refractivity contribution in [3.8, 4) is 0 Å². The predicted molar refractivity (Wildman–Crippen MR) is 95.5 cm³/mol. The molecule has 0 amide bonds. The molecule has 0 bridgehead atoms. The van der Waals surface area contributed by atoms with Gasteiger partial charge in [0, 0.05) is 38.8 Å². The minimum Gasteiger partial charge on any atom is -0.313 e. The molecule has 1 saturated heterocycles. The summed E-state index contributed by atoms with van der Waals surface area (Å²) in [6.07, 6.45) is 1.08. The normalized spacial score (nSPS) is 28.6.